The van der Waals surface area contributed by atoms with Crippen LogP contribution in [0.15, 0.2) is 30.2 Å². The van der Waals surface area contributed by atoms with Crippen molar-refractivity contribution in [2.75, 3.05) is 0 Å². The van der Waals surface area contributed by atoms with Gasteiger partial charge in [-0.1, -0.05) is 11.8 Å². The van der Waals surface area contributed by atoms with Gasteiger partial charge in [0.25, 0.3) is 0 Å². The summed E-state index contributed by atoms with van der Waals surface area (Å²) in [7, 11) is 0. The molecule has 0 radical (unpaired) electrons. The number of aromatic nitrogens is 2. The summed E-state index contributed by atoms with van der Waals surface area (Å²) in [6, 6.07) is 0. The Morgan fingerprint density at radius 1 is 1.57 bits per heavy atom. The molecule has 0 amide bonds. The van der Waals surface area contributed by atoms with Crippen molar-refractivity contribution < 1.29 is 9.90 Å². The molecule has 6 heteroatoms. The molecule has 1 unspecified atom stereocenters. The highest BCUT2D eigenvalue weighted by Gasteiger charge is 2.43. The number of aliphatic carboxylic acids is 1. The van der Waals surface area contributed by atoms with Crippen molar-refractivity contribution in [1.82, 2.24) is 15.3 Å². The Bertz CT molecular complexity index is 371. The van der Waals surface area contributed by atoms with Crippen LogP contribution in [0, 0.1) is 0 Å². The minimum Gasteiger partial charge on any atom is -0.479 e. The highest BCUT2D eigenvalue weighted by atomic mass is 32.2. The second-order valence-electron chi connectivity index (χ2n) is 2.64. The number of hydrogen-bond acceptors (Lipinski definition) is 5. The number of carboxylic acid groups (broad SMARTS) is 1. The van der Waals surface area contributed by atoms with Crippen molar-refractivity contribution in [3.8, 4) is 0 Å². The van der Waals surface area contributed by atoms with E-state index >= 15 is 0 Å². The fourth-order valence-electron chi connectivity index (χ4n) is 1.16. The summed E-state index contributed by atoms with van der Waals surface area (Å²) in [6.45, 7) is 0. The molecule has 1 aromatic rings. The largest absolute Gasteiger partial charge is 0.479 e. The molecule has 0 saturated carbocycles. The van der Waals surface area contributed by atoms with E-state index in [1.165, 1.54) is 18.6 Å². The number of carboxylic acids is 1. The Morgan fingerprint density at radius 3 is 2.93 bits per heavy atom. The van der Waals surface area contributed by atoms with Crippen LogP contribution in [-0.4, -0.2) is 21.0 Å². The number of thioether (sulfide) groups is 1. The first kappa shape index (κ1) is 9.01. The number of nitrogens with one attached hydrogen (secondary N) is 1. The van der Waals surface area contributed by atoms with Crippen molar-refractivity contribution in [2.24, 2.45) is 0 Å². The van der Waals surface area contributed by atoms with Crippen LogP contribution >= 0.6 is 11.8 Å². The molecule has 0 aliphatic carbocycles. The third-order valence-electron chi connectivity index (χ3n) is 1.82. The van der Waals surface area contributed by atoms with Crippen molar-refractivity contribution in [3.63, 3.8) is 0 Å². The molecule has 2 N–H and O–H groups in total. The predicted octanol–water partition coefficient (Wildman–Crippen LogP) is 0.522. The lowest BCUT2D eigenvalue weighted by Crippen LogP contribution is -2.41. The number of nitrogens with zero attached hydrogens (tertiary/aromatic N) is 2. The van der Waals surface area contributed by atoms with Crippen molar-refractivity contribution in [3.05, 3.63) is 35.9 Å². The summed E-state index contributed by atoms with van der Waals surface area (Å²) >= 11 is 1.16. The molecule has 0 saturated heterocycles. The first-order chi connectivity index (χ1) is 6.76. The minimum atomic E-state index is -1.21. The highest BCUT2D eigenvalue weighted by Crippen LogP contribution is 2.37. The smallest absolute Gasteiger partial charge is 0.346 e. The van der Waals surface area contributed by atoms with Crippen molar-refractivity contribution >= 4 is 17.7 Å². The molecule has 1 aliphatic heterocycles. The van der Waals surface area contributed by atoms with Gasteiger partial charge in [-0.05, 0) is 5.41 Å². The van der Waals surface area contributed by atoms with Gasteiger partial charge in [-0.15, -0.1) is 0 Å². The standard InChI is InChI=1S/C8H7N3O2S/c12-7(13)8(11-3-4-14-8)6-5-9-1-2-10-6/h1-5,11H,(H,12,13). The Hall–Kier alpha value is -1.56. The van der Waals surface area contributed by atoms with Crippen LogP contribution in [0.25, 0.3) is 0 Å². The van der Waals surface area contributed by atoms with Crippen LogP contribution in [0.5, 0.6) is 0 Å². The van der Waals surface area contributed by atoms with Crippen LogP contribution in [-0.2, 0) is 9.67 Å². The molecule has 72 valence electrons. The van der Waals surface area contributed by atoms with Gasteiger partial charge in [0, 0.05) is 18.6 Å². The Labute approximate surface area is 84.3 Å². The van der Waals surface area contributed by atoms with E-state index in [2.05, 4.69) is 15.3 Å². The van der Waals surface area contributed by atoms with Crippen LogP contribution in [0.4, 0.5) is 0 Å². The molecule has 1 aliphatic rings. The third kappa shape index (κ3) is 1.24. The normalized spacial score (nSPS) is 24.6. The van der Waals surface area contributed by atoms with Gasteiger partial charge in [-0.3, -0.25) is 9.97 Å². The molecule has 0 bridgehead atoms. The van der Waals surface area contributed by atoms with E-state index in [1.54, 1.807) is 11.6 Å². The molecular formula is C8H7N3O2S. The van der Waals surface area contributed by atoms with E-state index < -0.39 is 10.8 Å². The van der Waals surface area contributed by atoms with Crippen LogP contribution in [0.1, 0.15) is 5.69 Å². The second kappa shape index (κ2) is 3.30. The summed E-state index contributed by atoms with van der Waals surface area (Å²) in [5.41, 5.74) is 0.391. The third-order valence-corrected chi connectivity index (χ3v) is 2.95. The SMILES string of the molecule is O=C(O)C1(c2cnccn2)NC=CS1. The van der Waals surface area contributed by atoms with E-state index in [4.69, 9.17) is 5.11 Å². The van der Waals surface area contributed by atoms with Crippen LogP contribution < -0.4 is 5.32 Å². The molecule has 2 rings (SSSR count). The number of carbonyl (C=O) groups is 1. The van der Waals surface area contributed by atoms with Gasteiger partial charge in [0.1, 0.15) is 5.69 Å². The minimum absolute atomic E-state index is 0.391. The fraction of sp³-hybridized carbons (Fsp3) is 0.125. The van der Waals surface area contributed by atoms with Gasteiger partial charge >= 0.3 is 5.97 Å². The summed E-state index contributed by atoms with van der Waals surface area (Å²) < 4.78 is 0. The Morgan fingerprint density at radius 2 is 2.43 bits per heavy atom. The van der Waals surface area contributed by atoms with Gasteiger partial charge in [0.05, 0.1) is 6.20 Å². The van der Waals surface area contributed by atoms with E-state index in [1.807, 2.05) is 0 Å². The lowest BCUT2D eigenvalue weighted by Gasteiger charge is -2.22. The average Bonchev–Trinajstić information content (AvgIpc) is 2.69. The molecule has 0 spiro atoms. The Kier molecular flexibility index (Phi) is 2.12. The zero-order valence-electron chi connectivity index (χ0n) is 7.04. The molecule has 1 aromatic heterocycles. The van der Waals surface area contributed by atoms with Crippen LogP contribution in [0.2, 0.25) is 0 Å². The maximum absolute atomic E-state index is 11.1. The molecule has 5 nitrogen and oxygen atoms in total. The van der Waals surface area contributed by atoms with Gasteiger partial charge < -0.3 is 10.4 Å². The highest BCUT2D eigenvalue weighted by molar-refractivity contribution is 8.03. The first-order valence-electron chi connectivity index (χ1n) is 3.86. The van der Waals surface area contributed by atoms with Crippen molar-refractivity contribution in [1.29, 1.82) is 0 Å². The first-order valence-corrected chi connectivity index (χ1v) is 4.74. The lowest BCUT2D eigenvalue weighted by molar-refractivity contribution is -0.140. The van der Waals surface area contributed by atoms with Gasteiger partial charge in [0.15, 0.2) is 0 Å². The van der Waals surface area contributed by atoms with Gasteiger partial charge in [-0.2, -0.15) is 0 Å². The molecule has 0 fully saturated rings. The quantitative estimate of drug-likeness (QED) is 0.739. The van der Waals surface area contributed by atoms with E-state index in [0.29, 0.717) is 5.69 Å². The summed E-state index contributed by atoms with van der Waals surface area (Å²) in [6.07, 6.45) is 6.02. The predicted molar refractivity (Wildman–Crippen MR) is 51.2 cm³/mol. The van der Waals surface area contributed by atoms with E-state index in [0.717, 1.165) is 11.8 Å². The summed E-state index contributed by atoms with van der Waals surface area (Å²) in [5.74, 6) is -0.979. The lowest BCUT2D eigenvalue weighted by atomic mass is 10.2. The molecule has 1 atom stereocenters. The second-order valence-corrected chi connectivity index (χ2v) is 3.76. The number of rotatable bonds is 2. The van der Waals surface area contributed by atoms with Gasteiger partial charge in [-0.25, -0.2) is 4.79 Å². The summed E-state index contributed by atoms with van der Waals surface area (Å²) in [4.78, 5) is 17.8. The fourth-order valence-corrected chi connectivity index (χ4v) is 1.96. The molecule has 2 heterocycles. The summed E-state index contributed by atoms with van der Waals surface area (Å²) in [5, 5.41) is 13.6. The molecular weight excluding hydrogens is 202 g/mol. The number of hydrogen-bond donors (Lipinski definition) is 2. The molecule has 0 aromatic carbocycles. The van der Waals surface area contributed by atoms with Gasteiger partial charge in [0.2, 0.25) is 4.87 Å². The zero-order chi connectivity index (χ0) is 10.0. The zero-order valence-corrected chi connectivity index (χ0v) is 7.86. The maximum Gasteiger partial charge on any atom is 0.346 e. The van der Waals surface area contributed by atoms with E-state index in [-0.39, 0.29) is 0 Å². The van der Waals surface area contributed by atoms with E-state index in [9.17, 15) is 4.79 Å². The Balaban J connectivity index is 2.43. The average molecular weight is 209 g/mol. The maximum atomic E-state index is 11.1. The monoisotopic (exact) mass is 209 g/mol. The van der Waals surface area contributed by atoms with Crippen molar-refractivity contribution in [2.45, 2.75) is 4.87 Å². The van der Waals surface area contributed by atoms with Crippen LogP contribution in [0.3, 0.4) is 0 Å². The topological polar surface area (TPSA) is 75.1 Å². The molecule has 14 heavy (non-hydrogen) atoms.